The molecule has 0 atom stereocenters. The van der Waals surface area contributed by atoms with E-state index >= 15 is 0 Å². The van der Waals surface area contributed by atoms with Gasteiger partial charge in [-0.15, -0.1) is 0 Å². The molecule has 0 saturated carbocycles. The minimum atomic E-state index is 0.162. The Balaban J connectivity index is 1.46. The maximum atomic E-state index is 12.6. The van der Waals surface area contributed by atoms with Crippen LogP contribution in [0.3, 0.4) is 0 Å². The molecule has 4 nitrogen and oxygen atoms in total. The largest absolute Gasteiger partial charge is 0.375 e. The van der Waals surface area contributed by atoms with E-state index in [0.717, 1.165) is 63.8 Å². The molecule has 3 rings (SSSR count). The van der Waals surface area contributed by atoms with Gasteiger partial charge >= 0.3 is 0 Å². The number of rotatable bonds is 4. The van der Waals surface area contributed by atoms with Crippen LogP contribution in [0, 0.1) is 0 Å². The average Bonchev–Trinajstić information content (AvgIpc) is 2.64. The van der Waals surface area contributed by atoms with Gasteiger partial charge in [0, 0.05) is 31.7 Å². The highest BCUT2D eigenvalue weighted by Crippen LogP contribution is 2.21. The van der Waals surface area contributed by atoms with Crippen LogP contribution in [0.2, 0.25) is 0 Å². The van der Waals surface area contributed by atoms with E-state index in [2.05, 4.69) is 31.0 Å². The van der Waals surface area contributed by atoms with Gasteiger partial charge in [0.1, 0.15) is 0 Å². The first-order valence-electron chi connectivity index (χ1n) is 9.38. The van der Waals surface area contributed by atoms with Gasteiger partial charge in [-0.1, -0.05) is 19.1 Å². The summed E-state index contributed by atoms with van der Waals surface area (Å²) in [5.74, 6) is 0.162. The highest BCUT2D eigenvalue weighted by atomic mass is 16.5. The number of nitrogens with zero attached hydrogens (tertiary/aromatic N) is 2. The van der Waals surface area contributed by atoms with Crippen LogP contribution in [-0.2, 0) is 11.2 Å². The lowest BCUT2D eigenvalue weighted by Gasteiger charge is -2.36. The third-order valence-electron chi connectivity index (χ3n) is 5.39. The minimum Gasteiger partial charge on any atom is -0.375 e. The molecule has 0 aromatic heterocycles. The number of hydrogen-bond acceptors (Lipinski definition) is 3. The number of piperidine rings is 2. The number of amides is 1. The summed E-state index contributed by atoms with van der Waals surface area (Å²) >= 11 is 0. The van der Waals surface area contributed by atoms with Crippen molar-refractivity contribution in [1.82, 2.24) is 9.80 Å². The van der Waals surface area contributed by atoms with Crippen molar-refractivity contribution in [3.05, 3.63) is 35.4 Å². The van der Waals surface area contributed by atoms with Gasteiger partial charge in [0.15, 0.2) is 0 Å². The zero-order valence-corrected chi connectivity index (χ0v) is 15.0. The molecule has 2 fully saturated rings. The first kappa shape index (κ1) is 17.4. The lowest BCUT2D eigenvalue weighted by molar-refractivity contribution is -0.0599. The Kier molecular flexibility index (Phi) is 5.90. The van der Waals surface area contributed by atoms with E-state index in [1.165, 1.54) is 5.56 Å². The first-order valence-corrected chi connectivity index (χ1v) is 9.38. The van der Waals surface area contributed by atoms with E-state index < -0.39 is 0 Å². The molecule has 0 spiro atoms. The quantitative estimate of drug-likeness (QED) is 0.851. The molecule has 4 heteroatoms. The fourth-order valence-electron chi connectivity index (χ4n) is 3.65. The lowest BCUT2D eigenvalue weighted by Crippen LogP contribution is -2.43. The van der Waals surface area contributed by atoms with Crippen molar-refractivity contribution in [2.75, 3.05) is 33.2 Å². The van der Waals surface area contributed by atoms with Gasteiger partial charge in [-0.3, -0.25) is 4.79 Å². The Hall–Kier alpha value is -1.39. The maximum Gasteiger partial charge on any atom is 0.253 e. The summed E-state index contributed by atoms with van der Waals surface area (Å²) in [4.78, 5) is 17.0. The molecule has 1 amide bonds. The van der Waals surface area contributed by atoms with Crippen LogP contribution in [0.25, 0.3) is 0 Å². The van der Waals surface area contributed by atoms with Crippen LogP contribution in [0.5, 0.6) is 0 Å². The summed E-state index contributed by atoms with van der Waals surface area (Å²) in [6.45, 7) is 6.02. The third kappa shape index (κ3) is 4.37. The highest BCUT2D eigenvalue weighted by molar-refractivity contribution is 5.94. The van der Waals surface area contributed by atoms with Crippen LogP contribution in [0.1, 0.15) is 48.5 Å². The molecule has 0 bridgehead atoms. The van der Waals surface area contributed by atoms with Gasteiger partial charge in [-0.25, -0.2) is 0 Å². The summed E-state index contributed by atoms with van der Waals surface area (Å²) in [5.41, 5.74) is 2.08. The Morgan fingerprint density at radius 3 is 2.08 bits per heavy atom. The molecule has 0 aliphatic carbocycles. The van der Waals surface area contributed by atoms with Crippen molar-refractivity contribution >= 4 is 5.91 Å². The molecule has 1 aromatic carbocycles. The second-order valence-electron chi connectivity index (χ2n) is 7.18. The SMILES string of the molecule is CCc1ccc(C(=O)N2CCC(OC3CCN(C)CC3)CC2)cc1. The monoisotopic (exact) mass is 330 g/mol. The van der Waals surface area contributed by atoms with Crippen molar-refractivity contribution < 1.29 is 9.53 Å². The predicted octanol–water partition coefficient (Wildman–Crippen LogP) is 2.96. The van der Waals surface area contributed by atoms with E-state index in [-0.39, 0.29) is 5.91 Å². The van der Waals surface area contributed by atoms with Gasteiger partial charge in [0.2, 0.25) is 0 Å². The number of benzene rings is 1. The van der Waals surface area contributed by atoms with Crippen LogP contribution < -0.4 is 0 Å². The fraction of sp³-hybridized carbons (Fsp3) is 0.650. The van der Waals surface area contributed by atoms with Gasteiger partial charge in [-0.2, -0.15) is 0 Å². The first-order chi connectivity index (χ1) is 11.7. The molecule has 0 unspecified atom stereocenters. The summed E-state index contributed by atoms with van der Waals surface area (Å²) in [7, 11) is 2.17. The number of carbonyl (C=O) groups excluding carboxylic acids is 1. The molecule has 2 aliphatic rings. The molecular weight excluding hydrogens is 300 g/mol. The maximum absolute atomic E-state index is 12.6. The second-order valence-corrected chi connectivity index (χ2v) is 7.18. The van der Waals surface area contributed by atoms with Crippen LogP contribution in [0.4, 0.5) is 0 Å². The van der Waals surface area contributed by atoms with Crippen LogP contribution in [-0.4, -0.2) is 61.1 Å². The molecule has 2 aliphatic heterocycles. The van der Waals surface area contributed by atoms with E-state index in [1.807, 2.05) is 17.0 Å². The zero-order chi connectivity index (χ0) is 16.9. The molecule has 2 heterocycles. The Morgan fingerprint density at radius 2 is 1.54 bits per heavy atom. The van der Waals surface area contributed by atoms with E-state index in [4.69, 9.17) is 4.74 Å². The topological polar surface area (TPSA) is 32.8 Å². The molecule has 24 heavy (non-hydrogen) atoms. The van der Waals surface area contributed by atoms with Crippen LogP contribution in [0.15, 0.2) is 24.3 Å². The summed E-state index contributed by atoms with van der Waals surface area (Å²) in [5, 5.41) is 0. The van der Waals surface area contributed by atoms with E-state index in [1.54, 1.807) is 0 Å². The Bertz CT molecular complexity index is 527. The third-order valence-corrected chi connectivity index (χ3v) is 5.39. The van der Waals surface area contributed by atoms with Crippen molar-refractivity contribution in [2.24, 2.45) is 0 Å². The van der Waals surface area contributed by atoms with Gasteiger partial charge < -0.3 is 14.5 Å². The molecule has 132 valence electrons. The highest BCUT2D eigenvalue weighted by Gasteiger charge is 2.27. The van der Waals surface area contributed by atoms with Gasteiger partial charge in [-0.05, 0) is 56.8 Å². The van der Waals surface area contributed by atoms with Gasteiger partial charge in [0.25, 0.3) is 5.91 Å². The number of carbonyl (C=O) groups is 1. The zero-order valence-electron chi connectivity index (χ0n) is 15.0. The fourth-order valence-corrected chi connectivity index (χ4v) is 3.65. The normalized spacial score (nSPS) is 21.2. The van der Waals surface area contributed by atoms with Crippen molar-refractivity contribution in [3.8, 4) is 0 Å². The van der Waals surface area contributed by atoms with Crippen molar-refractivity contribution in [1.29, 1.82) is 0 Å². The summed E-state index contributed by atoms with van der Waals surface area (Å²) in [6.07, 6.45) is 5.95. The minimum absolute atomic E-state index is 0.162. The molecule has 1 aromatic rings. The van der Waals surface area contributed by atoms with Crippen molar-refractivity contribution in [3.63, 3.8) is 0 Å². The lowest BCUT2D eigenvalue weighted by atomic mass is 10.0. The molecule has 0 radical (unpaired) electrons. The molecule has 0 N–H and O–H groups in total. The smallest absolute Gasteiger partial charge is 0.253 e. The van der Waals surface area contributed by atoms with Crippen molar-refractivity contribution in [2.45, 2.75) is 51.2 Å². The van der Waals surface area contributed by atoms with E-state index in [9.17, 15) is 4.79 Å². The summed E-state index contributed by atoms with van der Waals surface area (Å²) < 4.78 is 6.28. The second kappa shape index (κ2) is 8.13. The number of ether oxygens (including phenoxy) is 1. The average molecular weight is 330 g/mol. The van der Waals surface area contributed by atoms with Crippen LogP contribution >= 0.6 is 0 Å². The molecular formula is C20H30N2O2. The number of likely N-dealkylation sites (tertiary alicyclic amines) is 2. The predicted molar refractivity (Wildman–Crippen MR) is 96.3 cm³/mol. The van der Waals surface area contributed by atoms with E-state index in [0.29, 0.717) is 12.2 Å². The Morgan fingerprint density at radius 1 is 1.00 bits per heavy atom. The van der Waals surface area contributed by atoms with Gasteiger partial charge in [0.05, 0.1) is 12.2 Å². The Labute approximate surface area is 145 Å². The number of aryl methyl sites for hydroxylation is 1. The summed E-state index contributed by atoms with van der Waals surface area (Å²) in [6, 6.07) is 8.04. The number of hydrogen-bond donors (Lipinski definition) is 0. The molecule has 2 saturated heterocycles. The standard InChI is InChI=1S/C20H30N2O2/c1-3-16-4-6-17(7-5-16)20(23)22-14-10-19(11-15-22)24-18-8-12-21(2)13-9-18/h4-7,18-19H,3,8-15H2,1-2H3.